The first-order chi connectivity index (χ1) is 23.4. The lowest BCUT2D eigenvalue weighted by atomic mass is 9.89. The van der Waals surface area contributed by atoms with E-state index in [2.05, 4.69) is 32.6 Å². The van der Waals surface area contributed by atoms with Gasteiger partial charge in [0, 0.05) is 64.0 Å². The zero-order valence-corrected chi connectivity index (χ0v) is 28.5. The maximum absolute atomic E-state index is 13.3. The van der Waals surface area contributed by atoms with E-state index in [1.807, 2.05) is 54.3 Å². The number of nitrogens with zero attached hydrogens (tertiary/aromatic N) is 5. The fourth-order valence-corrected chi connectivity index (χ4v) is 7.60. The summed E-state index contributed by atoms with van der Waals surface area (Å²) in [6.45, 7) is 8.54. The summed E-state index contributed by atoms with van der Waals surface area (Å²) in [5.74, 6) is 2.85. The molecule has 48 heavy (non-hydrogen) atoms. The van der Waals surface area contributed by atoms with Gasteiger partial charge in [0.25, 0.3) is 5.91 Å². The second-order valence-electron chi connectivity index (χ2n) is 14.0. The molecule has 3 aromatic rings. The number of rotatable bonds is 10. The van der Waals surface area contributed by atoms with Crippen molar-refractivity contribution < 1.29 is 14.3 Å². The molecule has 2 aliphatic heterocycles. The highest BCUT2D eigenvalue weighted by atomic mass is 16.5. The van der Waals surface area contributed by atoms with Gasteiger partial charge < -0.3 is 30.1 Å². The average Bonchev–Trinajstić information content (AvgIpc) is 3.94. The van der Waals surface area contributed by atoms with Crippen molar-refractivity contribution in [2.24, 2.45) is 5.92 Å². The molecule has 7 rings (SSSR count). The van der Waals surface area contributed by atoms with Gasteiger partial charge in [-0.1, -0.05) is 30.3 Å². The molecule has 4 aliphatic rings. The largest absolute Gasteiger partial charge is 0.495 e. The molecule has 2 aliphatic carbocycles. The van der Waals surface area contributed by atoms with Gasteiger partial charge in [0.05, 0.1) is 18.5 Å². The fraction of sp³-hybridized carbons (Fsp3) is 0.500. The monoisotopic (exact) mass is 651 g/mol. The number of amides is 2. The SMILES string of the molecule is COc1cc(C(=O)N[C@H]2CC[C@H](N3CCN(CC4CC4)CC3)CC2)ccc1Nc1ccc2c(n1)N(Cc1ccccc1)[C@H](C)C(=O)N2C. The van der Waals surface area contributed by atoms with Crippen molar-refractivity contribution in [3.63, 3.8) is 0 Å². The molecule has 2 N–H and O–H groups in total. The van der Waals surface area contributed by atoms with Crippen LogP contribution in [0.4, 0.5) is 23.0 Å². The number of likely N-dealkylation sites (N-methyl/N-ethyl adjacent to an activating group) is 1. The Morgan fingerprint density at radius 1 is 0.938 bits per heavy atom. The Hall–Kier alpha value is -4.15. The van der Waals surface area contributed by atoms with Gasteiger partial charge in [-0.2, -0.15) is 0 Å². The van der Waals surface area contributed by atoms with E-state index in [1.54, 1.807) is 25.1 Å². The van der Waals surface area contributed by atoms with E-state index < -0.39 is 0 Å². The van der Waals surface area contributed by atoms with E-state index in [0.717, 1.165) is 48.7 Å². The van der Waals surface area contributed by atoms with Crippen LogP contribution in [-0.4, -0.2) is 91.6 Å². The third-order valence-electron chi connectivity index (χ3n) is 10.7. The number of fused-ring (bicyclic) bond motifs is 1. The summed E-state index contributed by atoms with van der Waals surface area (Å²) >= 11 is 0. The van der Waals surface area contributed by atoms with Gasteiger partial charge in [-0.25, -0.2) is 4.98 Å². The van der Waals surface area contributed by atoms with Crippen LogP contribution in [-0.2, 0) is 11.3 Å². The van der Waals surface area contributed by atoms with Crippen LogP contribution in [0, 0.1) is 5.92 Å². The number of anilines is 4. The molecule has 10 heteroatoms. The van der Waals surface area contributed by atoms with Crippen LogP contribution in [0.15, 0.2) is 60.7 Å². The molecule has 254 valence electrons. The number of hydrogen-bond donors (Lipinski definition) is 2. The van der Waals surface area contributed by atoms with Crippen molar-refractivity contribution in [3.05, 3.63) is 71.8 Å². The summed E-state index contributed by atoms with van der Waals surface area (Å²) in [6, 6.07) is 19.9. The normalized spacial score (nSPS) is 23.5. The standard InChI is InChI=1S/C38H49N7O3/c1-26-38(47)42(2)33-17-18-35(41-36(33)45(26)25-27-7-5-4-6-8-27)40-32-16-11-29(23-34(32)48-3)37(46)39-30-12-14-31(15-13-30)44-21-19-43(20-22-44)24-28-9-10-28/h4-8,11,16-18,23,26,28,30-31H,9-10,12-15,19-22,24-25H2,1-3H3,(H,39,46)(H,40,41)/t26-,30-,31-/m1/s1. The minimum absolute atomic E-state index is 0.0296. The number of pyridine rings is 1. The first-order valence-corrected chi connectivity index (χ1v) is 17.7. The van der Waals surface area contributed by atoms with Crippen molar-refractivity contribution in [3.8, 4) is 5.75 Å². The summed E-state index contributed by atoms with van der Waals surface area (Å²) in [7, 11) is 3.40. The van der Waals surface area contributed by atoms with Gasteiger partial charge in [-0.05, 0) is 87.3 Å². The summed E-state index contributed by atoms with van der Waals surface area (Å²) in [5.41, 5.74) is 3.16. The number of carbonyl (C=O) groups is 2. The first-order valence-electron chi connectivity index (χ1n) is 17.7. The molecule has 0 unspecified atom stereocenters. The Balaban J connectivity index is 0.973. The first kappa shape index (κ1) is 32.4. The maximum atomic E-state index is 13.3. The number of nitrogens with one attached hydrogen (secondary N) is 2. The van der Waals surface area contributed by atoms with Crippen molar-refractivity contribution >= 4 is 34.8 Å². The van der Waals surface area contributed by atoms with Gasteiger partial charge in [0.2, 0.25) is 5.91 Å². The van der Waals surface area contributed by atoms with Crippen LogP contribution < -0.4 is 25.2 Å². The highest BCUT2D eigenvalue weighted by molar-refractivity contribution is 6.04. The molecule has 2 saturated carbocycles. The van der Waals surface area contributed by atoms with Gasteiger partial charge in [0.15, 0.2) is 5.82 Å². The third-order valence-corrected chi connectivity index (χ3v) is 10.7. The predicted octanol–water partition coefficient (Wildman–Crippen LogP) is 5.27. The topological polar surface area (TPSA) is 93.3 Å². The number of piperazine rings is 1. The Morgan fingerprint density at radius 3 is 2.40 bits per heavy atom. The molecule has 10 nitrogen and oxygen atoms in total. The molecule has 3 fully saturated rings. The number of benzene rings is 2. The van der Waals surface area contributed by atoms with Crippen molar-refractivity contribution in [2.75, 3.05) is 62.0 Å². The molecule has 1 saturated heterocycles. The van der Waals surface area contributed by atoms with E-state index in [1.165, 1.54) is 45.6 Å². The van der Waals surface area contributed by atoms with Crippen molar-refractivity contribution in [1.29, 1.82) is 0 Å². The molecule has 2 amide bonds. The number of ether oxygens (including phenoxy) is 1. The number of hydrogen-bond acceptors (Lipinski definition) is 8. The molecular weight excluding hydrogens is 602 g/mol. The van der Waals surface area contributed by atoms with Crippen LogP contribution in [0.5, 0.6) is 5.75 Å². The average molecular weight is 652 g/mol. The van der Waals surface area contributed by atoms with Gasteiger partial charge in [-0.3, -0.25) is 14.5 Å². The minimum atomic E-state index is -0.361. The Kier molecular flexibility index (Phi) is 9.55. The Labute approximate surface area is 284 Å². The third kappa shape index (κ3) is 7.15. The van der Waals surface area contributed by atoms with E-state index in [0.29, 0.717) is 35.4 Å². The van der Waals surface area contributed by atoms with Gasteiger partial charge >= 0.3 is 0 Å². The molecule has 0 bridgehead atoms. The maximum Gasteiger partial charge on any atom is 0.251 e. The van der Waals surface area contributed by atoms with E-state index in [4.69, 9.17) is 9.72 Å². The number of aromatic nitrogens is 1. The molecule has 1 aromatic heterocycles. The highest BCUT2D eigenvalue weighted by Crippen LogP contribution is 2.37. The second-order valence-corrected chi connectivity index (χ2v) is 14.0. The summed E-state index contributed by atoms with van der Waals surface area (Å²) in [4.78, 5) is 40.4. The fourth-order valence-electron chi connectivity index (χ4n) is 7.60. The van der Waals surface area contributed by atoms with Crippen molar-refractivity contribution in [2.45, 2.75) is 70.1 Å². The quantitative estimate of drug-likeness (QED) is 0.306. The number of carbonyl (C=O) groups excluding carboxylic acids is 2. The molecule has 0 spiro atoms. The van der Waals surface area contributed by atoms with Crippen LogP contribution in [0.2, 0.25) is 0 Å². The lowest BCUT2D eigenvalue weighted by Gasteiger charge is -2.42. The molecule has 1 atom stereocenters. The van der Waals surface area contributed by atoms with Crippen LogP contribution in [0.25, 0.3) is 0 Å². The lowest BCUT2D eigenvalue weighted by Crippen LogP contribution is -2.52. The van der Waals surface area contributed by atoms with Gasteiger partial charge in [0.1, 0.15) is 17.6 Å². The van der Waals surface area contributed by atoms with Crippen LogP contribution in [0.3, 0.4) is 0 Å². The van der Waals surface area contributed by atoms with Crippen LogP contribution >= 0.6 is 0 Å². The lowest BCUT2D eigenvalue weighted by molar-refractivity contribution is -0.119. The van der Waals surface area contributed by atoms with E-state index in [-0.39, 0.29) is 23.9 Å². The number of methoxy groups -OCH3 is 1. The smallest absolute Gasteiger partial charge is 0.251 e. The molecule has 2 aromatic carbocycles. The zero-order valence-electron chi connectivity index (χ0n) is 28.5. The predicted molar refractivity (Wildman–Crippen MR) is 190 cm³/mol. The van der Waals surface area contributed by atoms with Crippen LogP contribution in [0.1, 0.15) is 61.4 Å². The van der Waals surface area contributed by atoms with E-state index >= 15 is 0 Å². The summed E-state index contributed by atoms with van der Waals surface area (Å²) in [6.07, 6.45) is 7.15. The van der Waals surface area contributed by atoms with Gasteiger partial charge in [-0.15, -0.1) is 0 Å². The zero-order chi connectivity index (χ0) is 33.2. The highest BCUT2D eigenvalue weighted by Gasteiger charge is 2.35. The Morgan fingerprint density at radius 2 is 1.69 bits per heavy atom. The Bertz CT molecular complexity index is 1600. The second kappa shape index (κ2) is 14.1. The van der Waals surface area contributed by atoms with Crippen molar-refractivity contribution in [1.82, 2.24) is 20.1 Å². The molecule has 0 radical (unpaired) electrons. The summed E-state index contributed by atoms with van der Waals surface area (Å²) < 4.78 is 5.73. The van der Waals surface area contributed by atoms with E-state index in [9.17, 15) is 9.59 Å². The molecular formula is C38H49N7O3. The minimum Gasteiger partial charge on any atom is -0.495 e. The summed E-state index contributed by atoms with van der Waals surface area (Å²) in [5, 5.41) is 6.69. The molecule has 3 heterocycles.